The van der Waals surface area contributed by atoms with Gasteiger partial charge in [-0.2, -0.15) is 0 Å². The van der Waals surface area contributed by atoms with Crippen molar-refractivity contribution in [3.05, 3.63) is 66.0 Å². The van der Waals surface area contributed by atoms with E-state index in [2.05, 4.69) is 76.3 Å². The zero-order valence-corrected chi connectivity index (χ0v) is 23.9. The first kappa shape index (κ1) is 26.7. The molecule has 4 saturated heterocycles. The number of nitrogens with one attached hydrogen (secondary N) is 1. The maximum Gasteiger partial charge on any atom is 0.249 e. The minimum Gasteiger partial charge on any atom is -0.383 e. The number of benzene rings is 2. The minimum atomic E-state index is -1.08. The number of imidazole rings is 1. The highest BCUT2D eigenvalue weighted by atomic mass is 16.3. The predicted molar refractivity (Wildman–Crippen MR) is 157 cm³/mol. The number of para-hydroxylation sites is 2. The Hall–Kier alpha value is -3.23. The summed E-state index contributed by atoms with van der Waals surface area (Å²) >= 11 is 0. The molecule has 0 spiro atoms. The number of nitrogens with zero attached hydrogens (tertiary/aromatic N) is 4. The largest absolute Gasteiger partial charge is 0.383 e. The molecule has 8 nitrogen and oxygen atoms in total. The molecule has 0 radical (unpaired) electrons. The second-order valence-corrected chi connectivity index (χ2v) is 12.8. The van der Waals surface area contributed by atoms with E-state index in [4.69, 9.17) is 4.98 Å². The van der Waals surface area contributed by atoms with Crippen molar-refractivity contribution < 1.29 is 14.7 Å². The van der Waals surface area contributed by atoms with Crippen molar-refractivity contribution in [1.29, 1.82) is 0 Å². The van der Waals surface area contributed by atoms with E-state index < -0.39 is 18.1 Å². The lowest BCUT2D eigenvalue weighted by atomic mass is 9.70. The fourth-order valence-corrected chi connectivity index (χ4v) is 8.46. The number of likely N-dealkylation sites (tertiary alicyclic amines) is 1. The first-order valence-electron chi connectivity index (χ1n) is 15.4. The third-order valence-corrected chi connectivity index (χ3v) is 10.6. The number of hydrogen-bond donors (Lipinski definition) is 2. The molecule has 0 aliphatic carbocycles. The van der Waals surface area contributed by atoms with E-state index in [0.717, 1.165) is 37.1 Å². The number of fused-ring (bicyclic) bond motifs is 3. The van der Waals surface area contributed by atoms with Crippen LogP contribution < -0.4 is 5.32 Å². The molecule has 2 bridgehead atoms. The number of aryl methyl sites for hydroxylation is 1. The molecule has 41 heavy (non-hydrogen) atoms. The Labute approximate surface area is 241 Å². The number of aliphatic hydroxyl groups is 1. The van der Waals surface area contributed by atoms with Crippen molar-refractivity contribution in [3.63, 3.8) is 0 Å². The van der Waals surface area contributed by atoms with Crippen LogP contribution in [0.1, 0.15) is 68.8 Å². The SMILES string of the molecule is Cc1nc2ccccc2n1C1CC2CCC(C1)N2CCC1(c2ccccc2)CCN(C(=O)C2CC(O)C(=O)N2)CC1. The second kappa shape index (κ2) is 10.6. The number of amides is 2. The molecule has 0 saturated carbocycles. The van der Waals surface area contributed by atoms with E-state index in [1.807, 2.05) is 4.90 Å². The summed E-state index contributed by atoms with van der Waals surface area (Å²) in [7, 11) is 0. The molecule has 2 aromatic carbocycles. The van der Waals surface area contributed by atoms with Gasteiger partial charge in [0.1, 0.15) is 18.0 Å². The Balaban J connectivity index is 1.05. The Morgan fingerprint density at radius 1 is 0.976 bits per heavy atom. The smallest absolute Gasteiger partial charge is 0.249 e. The van der Waals surface area contributed by atoms with Crippen molar-refractivity contribution in [3.8, 4) is 0 Å². The van der Waals surface area contributed by atoms with E-state index in [0.29, 0.717) is 31.2 Å². The van der Waals surface area contributed by atoms with Crippen LogP contribution in [0.15, 0.2) is 54.6 Å². The summed E-state index contributed by atoms with van der Waals surface area (Å²) in [6.07, 6.45) is 6.91. The van der Waals surface area contributed by atoms with Crippen molar-refractivity contribution in [1.82, 2.24) is 24.7 Å². The zero-order chi connectivity index (χ0) is 28.1. The monoisotopic (exact) mass is 555 g/mol. The Bertz CT molecular complexity index is 1420. The van der Waals surface area contributed by atoms with Gasteiger partial charge >= 0.3 is 0 Å². The van der Waals surface area contributed by atoms with Crippen LogP contribution in [0.2, 0.25) is 0 Å². The van der Waals surface area contributed by atoms with Crippen LogP contribution in [-0.4, -0.2) is 80.1 Å². The molecule has 4 atom stereocenters. The number of aromatic nitrogens is 2. The lowest BCUT2D eigenvalue weighted by Crippen LogP contribution is -2.52. The van der Waals surface area contributed by atoms with Gasteiger partial charge in [0, 0.05) is 37.6 Å². The van der Waals surface area contributed by atoms with Gasteiger partial charge in [-0.05, 0) is 81.5 Å². The van der Waals surface area contributed by atoms with Gasteiger partial charge in [-0.25, -0.2) is 4.98 Å². The zero-order valence-electron chi connectivity index (χ0n) is 23.9. The maximum absolute atomic E-state index is 13.2. The molecule has 4 aliphatic heterocycles. The highest BCUT2D eigenvalue weighted by Gasteiger charge is 2.45. The van der Waals surface area contributed by atoms with E-state index in [-0.39, 0.29) is 17.7 Å². The molecule has 4 fully saturated rings. The van der Waals surface area contributed by atoms with Crippen molar-refractivity contribution in [2.45, 2.75) is 94.0 Å². The molecule has 8 heteroatoms. The van der Waals surface area contributed by atoms with Gasteiger partial charge < -0.3 is 19.9 Å². The summed E-state index contributed by atoms with van der Waals surface area (Å²) in [4.78, 5) is 34.5. The summed E-state index contributed by atoms with van der Waals surface area (Å²) in [5, 5.41) is 12.5. The fourth-order valence-electron chi connectivity index (χ4n) is 8.46. The van der Waals surface area contributed by atoms with Crippen LogP contribution in [0.5, 0.6) is 0 Å². The Morgan fingerprint density at radius 3 is 2.34 bits per heavy atom. The number of rotatable bonds is 6. The van der Waals surface area contributed by atoms with Crippen molar-refractivity contribution in [2.75, 3.05) is 19.6 Å². The fraction of sp³-hybridized carbons (Fsp3) is 0.545. The van der Waals surface area contributed by atoms with Crippen LogP contribution in [0.25, 0.3) is 11.0 Å². The molecular formula is C33H41N5O3. The lowest BCUT2D eigenvalue weighted by Gasteiger charge is -2.46. The summed E-state index contributed by atoms with van der Waals surface area (Å²) in [6.45, 7) is 4.59. The maximum atomic E-state index is 13.2. The highest BCUT2D eigenvalue weighted by Crippen LogP contribution is 2.45. The summed E-state index contributed by atoms with van der Waals surface area (Å²) in [5.74, 6) is 0.632. The number of aliphatic hydroxyl groups excluding tert-OH is 1. The molecule has 5 heterocycles. The molecular weight excluding hydrogens is 514 g/mol. The van der Waals surface area contributed by atoms with Gasteiger partial charge in [0.05, 0.1) is 11.0 Å². The first-order chi connectivity index (χ1) is 19.9. The van der Waals surface area contributed by atoms with Crippen LogP contribution in [0.3, 0.4) is 0 Å². The number of hydrogen-bond acceptors (Lipinski definition) is 5. The van der Waals surface area contributed by atoms with Gasteiger partial charge in [0.15, 0.2) is 0 Å². The molecule has 3 aromatic rings. The number of carbonyl (C=O) groups is 2. The molecule has 1 aromatic heterocycles. The molecule has 2 N–H and O–H groups in total. The van der Waals surface area contributed by atoms with Crippen LogP contribution in [-0.2, 0) is 15.0 Å². The Kier molecular flexibility index (Phi) is 6.86. The number of carbonyl (C=O) groups excluding carboxylic acids is 2. The molecule has 4 aliphatic rings. The molecule has 4 unspecified atom stereocenters. The average Bonchev–Trinajstić information content (AvgIpc) is 3.60. The van der Waals surface area contributed by atoms with Crippen molar-refractivity contribution in [2.24, 2.45) is 0 Å². The topological polar surface area (TPSA) is 90.7 Å². The predicted octanol–water partition coefficient (Wildman–Crippen LogP) is 3.71. The molecule has 7 rings (SSSR count). The van der Waals surface area contributed by atoms with Crippen LogP contribution >= 0.6 is 0 Å². The standard InChI is InChI=1S/C33H41N5O3/c1-22-34-27-9-5-6-10-29(27)38(22)26-19-24-11-12-25(20-26)37(24)18-15-33(23-7-3-2-4-8-23)13-16-36(17-14-33)32(41)28-21-30(39)31(40)35-28/h2-10,24-26,28,30,39H,11-21H2,1H3,(H,35,40). The lowest BCUT2D eigenvalue weighted by molar-refractivity contribution is -0.136. The second-order valence-electron chi connectivity index (χ2n) is 12.8. The van der Waals surface area contributed by atoms with Crippen LogP contribution in [0, 0.1) is 6.92 Å². The number of piperidine rings is 2. The highest BCUT2D eigenvalue weighted by molar-refractivity contribution is 5.93. The van der Waals surface area contributed by atoms with Gasteiger partial charge in [-0.15, -0.1) is 0 Å². The Morgan fingerprint density at radius 2 is 1.66 bits per heavy atom. The molecule has 2 amide bonds. The van der Waals surface area contributed by atoms with Gasteiger partial charge in [-0.3, -0.25) is 14.5 Å². The minimum absolute atomic E-state index is 0.0317. The third-order valence-electron chi connectivity index (χ3n) is 10.6. The quantitative estimate of drug-likeness (QED) is 0.484. The average molecular weight is 556 g/mol. The van der Waals surface area contributed by atoms with E-state index in [1.165, 1.54) is 36.8 Å². The summed E-state index contributed by atoms with van der Waals surface area (Å²) in [6, 6.07) is 20.5. The summed E-state index contributed by atoms with van der Waals surface area (Å²) < 4.78 is 2.50. The van der Waals surface area contributed by atoms with E-state index in [9.17, 15) is 14.7 Å². The molecule has 216 valence electrons. The van der Waals surface area contributed by atoms with E-state index >= 15 is 0 Å². The van der Waals surface area contributed by atoms with Crippen LogP contribution in [0.4, 0.5) is 0 Å². The third kappa shape index (κ3) is 4.75. The van der Waals surface area contributed by atoms with Gasteiger partial charge in [-0.1, -0.05) is 42.5 Å². The van der Waals surface area contributed by atoms with Crippen molar-refractivity contribution >= 4 is 22.8 Å². The van der Waals surface area contributed by atoms with Gasteiger partial charge in [0.25, 0.3) is 0 Å². The summed E-state index contributed by atoms with van der Waals surface area (Å²) in [5.41, 5.74) is 3.77. The van der Waals surface area contributed by atoms with Gasteiger partial charge in [0.2, 0.25) is 11.8 Å². The normalized spacial score (nSPS) is 29.7. The van der Waals surface area contributed by atoms with E-state index in [1.54, 1.807) is 0 Å². The first-order valence-corrected chi connectivity index (χ1v) is 15.4.